The summed E-state index contributed by atoms with van der Waals surface area (Å²) < 4.78 is 29.5. The summed E-state index contributed by atoms with van der Waals surface area (Å²) in [6.07, 6.45) is 0.512. The predicted molar refractivity (Wildman–Crippen MR) is 86.0 cm³/mol. The van der Waals surface area contributed by atoms with E-state index in [1.165, 1.54) is 0 Å². The normalized spacial score (nSPS) is 11.6. The van der Waals surface area contributed by atoms with Crippen molar-refractivity contribution in [3.63, 3.8) is 0 Å². The van der Waals surface area contributed by atoms with Gasteiger partial charge in [0.15, 0.2) is 0 Å². The van der Waals surface area contributed by atoms with Gasteiger partial charge in [-0.3, -0.25) is 0 Å². The average Bonchev–Trinajstić information content (AvgIpc) is 2.43. The van der Waals surface area contributed by atoms with Crippen LogP contribution in [-0.4, -0.2) is 33.1 Å². The molecule has 0 unspecified atom stereocenters. The fourth-order valence-electron chi connectivity index (χ4n) is 1.71. The lowest BCUT2D eigenvalue weighted by molar-refractivity contribution is 0.311. The monoisotopic (exact) mass is 363 g/mol. The van der Waals surface area contributed by atoms with Crippen molar-refractivity contribution in [2.75, 3.05) is 24.7 Å². The van der Waals surface area contributed by atoms with Crippen LogP contribution in [0.2, 0.25) is 0 Å². The summed E-state index contributed by atoms with van der Waals surface area (Å²) in [6, 6.07) is 5.89. The van der Waals surface area contributed by atoms with E-state index in [0.717, 1.165) is 28.9 Å². The van der Waals surface area contributed by atoms with Gasteiger partial charge in [-0.15, -0.1) is 0 Å². The zero-order valence-corrected chi connectivity index (χ0v) is 14.4. The molecule has 0 amide bonds. The molecular weight excluding hydrogens is 342 g/mol. The molecule has 0 bridgehead atoms. The summed E-state index contributed by atoms with van der Waals surface area (Å²) in [7, 11) is -2.91. The Kier molecular flexibility index (Phi) is 7.55. The van der Waals surface area contributed by atoms with E-state index in [2.05, 4.69) is 21.2 Å². The number of rotatable bonds is 9. The van der Waals surface area contributed by atoms with Crippen LogP contribution in [-0.2, 0) is 16.4 Å². The Morgan fingerprint density at radius 2 is 2.05 bits per heavy atom. The molecule has 0 radical (unpaired) electrons. The molecule has 1 aromatic carbocycles. The van der Waals surface area contributed by atoms with Crippen molar-refractivity contribution in [2.24, 2.45) is 0 Å². The summed E-state index contributed by atoms with van der Waals surface area (Å²) in [5.41, 5.74) is 1.07. The third kappa shape index (κ3) is 5.81. The number of nitrogens with one attached hydrogen (secondary N) is 1. The van der Waals surface area contributed by atoms with E-state index in [-0.39, 0.29) is 11.5 Å². The Hall–Kier alpha value is -0.590. The molecule has 20 heavy (non-hydrogen) atoms. The van der Waals surface area contributed by atoms with Gasteiger partial charge in [0, 0.05) is 17.9 Å². The van der Waals surface area contributed by atoms with E-state index >= 15 is 0 Å². The lowest BCUT2D eigenvalue weighted by atomic mass is 10.2. The number of hydrogen-bond donors (Lipinski definition) is 1. The molecule has 0 heterocycles. The molecule has 0 aliphatic rings. The number of sulfone groups is 1. The van der Waals surface area contributed by atoms with E-state index < -0.39 is 9.84 Å². The molecule has 0 aliphatic heterocycles. The minimum absolute atomic E-state index is 0.177. The molecule has 0 aromatic heterocycles. The lowest BCUT2D eigenvalue weighted by Gasteiger charge is -2.13. The molecule has 6 heteroatoms. The van der Waals surface area contributed by atoms with Crippen molar-refractivity contribution in [2.45, 2.75) is 26.8 Å². The van der Waals surface area contributed by atoms with Crippen LogP contribution < -0.4 is 10.1 Å². The second kappa shape index (κ2) is 8.64. The highest BCUT2D eigenvalue weighted by Gasteiger charge is 2.10. The Morgan fingerprint density at radius 3 is 2.70 bits per heavy atom. The van der Waals surface area contributed by atoms with Gasteiger partial charge in [0.1, 0.15) is 15.6 Å². The first-order chi connectivity index (χ1) is 9.50. The van der Waals surface area contributed by atoms with E-state index in [1.54, 1.807) is 6.92 Å². The third-order valence-corrected chi connectivity index (χ3v) is 5.31. The highest BCUT2D eigenvalue weighted by Crippen LogP contribution is 2.29. The summed E-state index contributed by atoms with van der Waals surface area (Å²) in [4.78, 5) is 0. The van der Waals surface area contributed by atoms with Gasteiger partial charge in [0.05, 0.1) is 16.8 Å². The molecule has 0 atom stereocenters. The number of para-hydroxylation sites is 1. The Morgan fingerprint density at radius 1 is 1.30 bits per heavy atom. The molecule has 114 valence electrons. The second-order valence-corrected chi connectivity index (χ2v) is 7.77. The molecule has 0 aliphatic carbocycles. The van der Waals surface area contributed by atoms with Gasteiger partial charge in [-0.1, -0.05) is 26.0 Å². The molecule has 1 aromatic rings. The number of ether oxygens (including phenoxy) is 1. The van der Waals surface area contributed by atoms with Gasteiger partial charge in [0.25, 0.3) is 0 Å². The van der Waals surface area contributed by atoms with Crippen LogP contribution in [0, 0.1) is 0 Å². The number of halogens is 1. The van der Waals surface area contributed by atoms with Crippen LogP contribution in [0.4, 0.5) is 0 Å². The van der Waals surface area contributed by atoms with Crippen molar-refractivity contribution in [1.82, 2.24) is 5.32 Å². The maximum atomic E-state index is 11.4. The maximum Gasteiger partial charge on any atom is 0.150 e. The second-order valence-electron chi connectivity index (χ2n) is 4.45. The predicted octanol–water partition coefficient (Wildman–Crippen LogP) is 2.76. The molecule has 0 saturated carbocycles. The fraction of sp³-hybridized carbons (Fsp3) is 0.571. The van der Waals surface area contributed by atoms with Gasteiger partial charge in [0.2, 0.25) is 0 Å². The van der Waals surface area contributed by atoms with Gasteiger partial charge < -0.3 is 10.1 Å². The Labute approximate surface area is 130 Å². The van der Waals surface area contributed by atoms with Gasteiger partial charge in [-0.05, 0) is 35.0 Å². The van der Waals surface area contributed by atoms with Gasteiger partial charge in [-0.2, -0.15) is 0 Å². The Bertz CT molecular complexity index is 517. The minimum Gasteiger partial charge on any atom is -0.492 e. The summed E-state index contributed by atoms with van der Waals surface area (Å²) in [6.45, 7) is 5.74. The summed E-state index contributed by atoms with van der Waals surface area (Å²) in [5.74, 6) is 1.16. The maximum absolute atomic E-state index is 11.4. The van der Waals surface area contributed by atoms with Crippen LogP contribution in [0.15, 0.2) is 22.7 Å². The van der Waals surface area contributed by atoms with Crippen molar-refractivity contribution < 1.29 is 13.2 Å². The first-order valence-corrected chi connectivity index (χ1v) is 9.43. The zero-order valence-electron chi connectivity index (χ0n) is 12.0. The average molecular weight is 364 g/mol. The van der Waals surface area contributed by atoms with Crippen molar-refractivity contribution in [3.05, 3.63) is 28.2 Å². The minimum atomic E-state index is -2.91. The number of benzene rings is 1. The fourth-order valence-corrected chi connectivity index (χ4v) is 3.08. The lowest BCUT2D eigenvalue weighted by Crippen LogP contribution is -2.15. The molecule has 1 rings (SSSR count). The molecule has 4 nitrogen and oxygen atoms in total. The third-order valence-electron chi connectivity index (χ3n) is 2.90. The summed E-state index contributed by atoms with van der Waals surface area (Å²) in [5, 5.41) is 3.26. The van der Waals surface area contributed by atoms with Crippen LogP contribution in [0.3, 0.4) is 0 Å². The smallest absolute Gasteiger partial charge is 0.150 e. The standard InChI is InChI=1S/C14H22BrNO3S/c1-3-16-11-12-7-5-8-13(15)14(12)19-9-6-10-20(17,18)4-2/h5,7-8,16H,3-4,6,9-11H2,1-2H3. The first-order valence-electron chi connectivity index (χ1n) is 6.81. The zero-order chi connectivity index (χ0) is 15.0. The molecule has 0 spiro atoms. The van der Waals surface area contributed by atoms with E-state index in [9.17, 15) is 8.42 Å². The van der Waals surface area contributed by atoms with E-state index in [1.807, 2.05) is 25.1 Å². The van der Waals surface area contributed by atoms with Crippen molar-refractivity contribution in [3.8, 4) is 5.75 Å². The topological polar surface area (TPSA) is 55.4 Å². The molecular formula is C14H22BrNO3S. The highest BCUT2D eigenvalue weighted by molar-refractivity contribution is 9.10. The Balaban J connectivity index is 2.58. The molecule has 1 N–H and O–H groups in total. The van der Waals surface area contributed by atoms with Gasteiger partial charge >= 0.3 is 0 Å². The summed E-state index contributed by atoms with van der Waals surface area (Å²) >= 11 is 3.47. The van der Waals surface area contributed by atoms with E-state index in [4.69, 9.17) is 4.74 Å². The van der Waals surface area contributed by atoms with Crippen LogP contribution in [0.5, 0.6) is 5.75 Å². The molecule has 0 saturated heterocycles. The van der Waals surface area contributed by atoms with Crippen LogP contribution >= 0.6 is 15.9 Å². The molecule has 0 fully saturated rings. The quantitative estimate of drug-likeness (QED) is 0.685. The van der Waals surface area contributed by atoms with Crippen molar-refractivity contribution >= 4 is 25.8 Å². The first kappa shape index (κ1) is 17.5. The van der Waals surface area contributed by atoms with Crippen LogP contribution in [0.25, 0.3) is 0 Å². The largest absolute Gasteiger partial charge is 0.492 e. The highest BCUT2D eigenvalue weighted by atomic mass is 79.9. The van der Waals surface area contributed by atoms with Gasteiger partial charge in [-0.25, -0.2) is 8.42 Å². The van der Waals surface area contributed by atoms with E-state index in [0.29, 0.717) is 13.0 Å². The SMILES string of the molecule is CCNCc1cccc(Br)c1OCCCS(=O)(=O)CC. The van der Waals surface area contributed by atoms with Crippen LogP contribution in [0.1, 0.15) is 25.8 Å². The number of hydrogen-bond acceptors (Lipinski definition) is 4. The van der Waals surface area contributed by atoms with Crippen molar-refractivity contribution in [1.29, 1.82) is 0 Å².